The fourth-order valence-electron chi connectivity index (χ4n) is 2.54. The summed E-state index contributed by atoms with van der Waals surface area (Å²) in [5, 5.41) is 10.3. The summed E-state index contributed by atoms with van der Waals surface area (Å²) in [7, 11) is 0. The number of halogens is 5. The first-order chi connectivity index (χ1) is 14.1. The predicted molar refractivity (Wildman–Crippen MR) is 90.9 cm³/mol. The highest BCUT2D eigenvalue weighted by Crippen LogP contribution is 2.33. The Kier molecular flexibility index (Phi) is 5.89. The van der Waals surface area contributed by atoms with Crippen LogP contribution in [-0.4, -0.2) is 37.5 Å². The minimum atomic E-state index is -4.87. The van der Waals surface area contributed by atoms with Gasteiger partial charge in [0.25, 0.3) is 5.91 Å². The molecule has 1 amide bonds. The van der Waals surface area contributed by atoms with Crippen LogP contribution in [0.15, 0.2) is 43.0 Å². The van der Waals surface area contributed by atoms with E-state index in [-0.39, 0.29) is 11.5 Å². The van der Waals surface area contributed by atoms with Crippen LogP contribution in [0.2, 0.25) is 0 Å². The first kappa shape index (κ1) is 21.1. The van der Waals surface area contributed by atoms with Gasteiger partial charge < -0.3 is 10.1 Å². The summed E-state index contributed by atoms with van der Waals surface area (Å²) in [5.41, 5.74) is -1.59. The number of aromatic nitrogens is 5. The molecule has 0 saturated heterocycles. The maximum atomic E-state index is 13.1. The van der Waals surface area contributed by atoms with Crippen molar-refractivity contribution in [3.63, 3.8) is 0 Å². The number of ether oxygens (including phenoxy) is 1. The van der Waals surface area contributed by atoms with Crippen molar-refractivity contribution in [3.8, 4) is 11.6 Å². The molecule has 1 N–H and O–H groups in total. The minimum absolute atomic E-state index is 0.195. The highest BCUT2D eigenvalue weighted by molar-refractivity contribution is 5.95. The molecule has 0 spiro atoms. The smallest absolute Gasteiger partial charge is 0.416 e. The van der Waals surface area contributed by atoms with Gasteiger partial charge >= 0.3 is 12.8 Å². The highest BCUT2D eigenvalue weighted by Gasteiger charge is 2.32. The lowest BCUT2D eigenvalue weighted by molar-refractivity contribution is -0.138. The third-order valence-corrected chi connectivity index (χ3v) is 3.79. The van der Waals surface area contributed by atoms with Crippen LogP contribution in [0.4, 0.5) is 22.0 Å². The number of hydrogen-bond acceptors (Lipinski definition) is 6. The second-order valence-corrected chi connectivity index (χ2v) is 5.90. The van der Waals surface area contributed by atoms with E-state index in [1.54, 1.807) is 0 Å². The second-order valence-electron chi connectivity index (χ2n) is 5.90. The van der Waals surface area contributed by atoms with Gasteiger partial charge in [-0.1, -0.05) is 0 Å². The molecule has 158 valence electrons. The average molecular weight is 428 g/mol. The number of benzene rings is 1. The molecular weight excluding hydrogens is 415 g/mol. The van der Waals surface area contributed by atoms with Crippen molar-refractivity contribution in [1.29, 1.82) is 0 Å². The van der Waals surface area contributed by atoms with Gasteiger partial charge in [0.1, 0.15) is 11.4 Å². The fourth-order valence-corrected chi connectivity index (χ4v) is 2.54. The molecule has 13 heteroatoms. The highest BCUT2D eigenvalue weighted by atomic mass is 19.4. The van der Waals surface area contributed by atoms with Gasteiger partial charge in [0.2, 0.25) is 0 Å². The lowest BCUT2D eigenvalue weighted by Crippen LogP contribution is -2.29. The summed E-state index contributed by atoms with van der Waals surface area (Å²) in [5.74, 6) is -1.56. The van der Waals surface area contributed by atoms with Crippen LogP contribution in [0, 0.1) is 0 Å². The van der Waals surface area contributed by atoms with E-state index in [9.17, 15) is 26.7 Å². The van der Waals surface area contributed by atoms with E-state index in [1.165, 1.54) is 31.7 Å². The van der Waals surface area contributed by atoms with Crippen LogP contribution in [0.3, 0.4) is 0 Å². The molecule has 0 radical (unpaired) electrons. The van der Waals surface area contributed by atoms with Crippen molar-refractivity contribution in [3.05, 3.63) is 59.8 Å². The first-order valence-corrected chi connectivity index (χ1v) is 8.30. The zero-order valence-electron chi connectivity index (χ0n) is 15.1. The molecule has 0 aliphatic heterocycles. The van der Waals surface area contributed by atoms with Crippen LogP contribution in [0.25, 0.3) is 5.82 Å². The Hall–Kier alpha value is -3.64. The third-order valence-electron chi connectivity index (χ3n) is 3.79. The maximum absolute atomic E-state index is 13.1. The van der Waals surface area contributed by atoms with Crippen molar-refractivity contribution in [2.24, 2.45) is 0 Å². The molecule has 2 aromatic heterocycles. The number of carbonyl (C=O) groups is 1. The van der Waals surface area contributed by atoms with Crippen LogP contribution in [0.1, 0.15) is 34.6 Å². The molecule has 3 rings (SSSR count). The number of rotatable bonds is 6. The van der Waals surface area contributed by atoms with E-state index in [2.05, 4.69) is 30.2 Å². The number of amides is 1. The van der Waals surface area contributed by atoms with Crippen LogP contribution >= 0.6 is 0 Å². The third kappa shape index (κ3) is 4.85. The molecule has 0 aliphatic carbocycles. The van der Waals surface area contributed by atoms with Gasteiger partial charge in [0, 0.05) is 18.0 Å². The molecule has 30 heavy (non-hydrogen) atoms. The van der Waals surface area contributed by atoms with E-state index in [0.29, 0.717) is 12.1 Å². The number of nitrogens with one attached hydrogen (secondary N) is 1. The predicted octanol–water partition coefficient (Wildman–Crippen LogP) is 3.17. The molecule has 8 nitrogen and oxygen atoms in total. The van der Waals surface area contributed by atoms with Gasteiger partial charge in [-0.3, -0.25) is 9.78 Å². The van der Waals surface area contributed by atoms with E-state index in [1.807, 2.05) is 0 Å². The van der Waals surface area contributed by atoms with E-state index < -0.39 is 41.6 Å². The van der Waals surface area contributed by atoms with Gasteiger partial charge in [-0.2, -0.15) is 32.1 Å². The lowest BCUT2D eigenvalue weighted by atomic mass is 10.1. The SMILES string of the molecule is C[C@@H](NC(=O)c1cc(OC(F)F)cc(C(F)(F)F)c1)c1nccnc1-n1nccn1. The Morgan fingerprint density at radius 3 is 2.37 bits per heavy atom. The average Bonchev–Trinajstić information content (AvgIpc) is 3.21. The molecule has 1 atom stereocenters. The molecule has 0 bridgehead atoms. The first-order valence-electron chi connectivity index (χ1n) is 8.30. The van der Waals surface area contributed by atoms with E-state index in [0.717, 1.165) is 10.9 Å². The largest absolute Gasteiger partial charge is 0.435 e. The quantitative estimate of drug-likeness (QED) is 0.606. The monoisotopic (exact) mass is 428 g/mol. The van der Waals surface area contributed by atoms with Gasteiger partial charge in [0.05, 0.1) is 24.0 Å². The Morgan fingerprint density at radius 2 is 1.73 bits per heavy atom. The minimum Gasteiger partial charge on any atom is -0.435 e. The number of alkyl halides is 5. The Morgan fingerprint density at radius 1 is 1.07 bits per heavy atom. The second kappa shape index (κ2) is 8.39. The van der Waals surface area contributed by atoms with E-state index in [4.69, 9.17) is 0 Å². The standard InChI is InChI=1S/C17H13F5N6O2/c1-9(13-14(24-3-2-23-13)28-25-4-5-26-28)27-15(29)10-6-11(17(20,21)22)8-12(7-10)30-16(18)19/h2-9,16H,1H3,(H,27,29)/t9-/m1/s1. The number of hydrogen-bond donors (Lipinski definition) is 1. The van der Waals surface area contributed by atoms with Gasteiger partial charge in [-0.25, -0.2) is 4.98 Å². The summed E-state index contributed by atoms with van der Waals surface area (Å²) in [6, 6.07) is 0.876. The summed E-state index contributed by atoms with van der Waals surface area (Å²) in [6.07, 6.45) is 0.650. The lowest BCUT2D eigenvalue weighted by Gasteiger charge is -2.17. The molecular formula is C17H13F5N6O2. The zero-order valence-corrected chi connectivity index (χ0v) is 15.1. The van der Waals surface area contributed by atoms with Crippen molar-refractivity contribution in [2.75, 3.05) is 0 Å². The van der Waals surface area contributed by atoms with Gasteiger partial charge in [-0.15, -0.1) is 4.80 Å². The maximum Gasteiger partial charge on any atom is 0.416 e. The van der Waals surface area contributed by atoms with Crippen LogP contribution in [0.5, 0.6) is 5.75 Å². The number of carbonyl (C=O) groups excluding carboxylic acids is 1. The van der Waals surface area contributed by atoms with Crippen molar-refractivity contribution >= 4 is 5.91 Å². The normalized spacial score (nSPS) is 12.6. The summed E-state index contributed by atoms with van der Waals surface area (Å²) >= 11 is 0. The number of nitrogens with zero attached hydrogens (tertiary/aromatic N) is 5. The zero-order chi connectivity index (χ0) is 21.9. The molecule has 0 unspecified atom stereocenters. The molecule has 3 aromatic rings. The van der Waals surface area contributed by atoms with Crippen LogP contribution in [-0.2, 0) is 6.18 Å². The topological polar surface area (TPSA) is 94.8 Å². The molecule has 2 heterocycles. The fraction of sp³-hybridized carbons (Fsp3) is 0.235. The summed E-state index contributed by atoms with van der Waals surface area (Å²) in [4.78, 5) is 21.9. The molecule has 0 aliphatic rings. The Labute approximate surface area is 165 Å². The van der Waals surface area contributed by atoms with Crippen LogP contribution < -0.4 is 10.1 Å². The summed E-state index contributed by atoms with van der Waals surface area (Å²) < 4.78 is 68.2. The molecule has 0 fully saturated rings. The van der Waals surface area contributed by atoms with Crippen molar-refractivity contribution in [1.82, 2.24) is 30.3 Å². The Bertz CT molecular complexity index is 1030. The van der Waals surface area contributed by atoms with Crippen molar-refractivity contribution in [2.45, 2.75) is 25.8 Å². The van der Waals surface area contributed by atoms with Crippen molar-refractivity contribution < 1.29 is 31.5 Å². The van der Waals surface area contributed by atoms with E-state index >= 15 is 0 Å². The summed E-state index contributed by atoms with van der Waals surface area (Å²) in [6.45, 7) is -1.84. The Balaban J connectivity index is 1.89. The molecule has 0 saturated carbocycles. The van der Waals surface area contributed by atoms with Gasteiger partial charge in [0.15, 0.2) is 5.82 Å². The molecule has 1 aromatic carbocycles. The van der Waals surface area contributed by atoms with Gasteiger partial charge in [-0.05, 0) is 25.1 Å².